The van der Waals surface area contributed by atoms with Crippen LogP contribution in [0.4, 0.5) is 0 Å². The molecular weight excluding hydrogens is 248 g/mol. The van der Waals surface area contributed by atoms with Gasteiger partial charge in [0.15, 0.2) is 0 Å². The summed E-state index contributed by atoms with van der Waals surface area (Å²) in [5, 5.41) is 4.29. The molecule has 4 nitrogen and oxygen atoms in total. The number of nitrogens with zero attached hydrogens (tertiary/aromatic N) is 2. The Morgan fingerprint density at radius 1 is 1.25 bits per heavy atom. The van der Waals surface area contributed by atoms with Crippen LogP contribution in [0.25, 0.3) is 0 Å². The van der Waals surface area contributed by atoms with Crippen LogP contribution in [-0.2, 0) is 13.5 Å². The summed E-state index contributed by atoms with van der Waals surface area (Å²) < 4.78 is 1.88. The van der Waals surface area contributed by atoms with Crippen molar-refractivity contribution in [3.8, 4) is 0 Å². The predicted octanol–water partition coefficient (Wildman–Crippen LogP) is 2.60. The summed E-state index contributed by atoms with van der Waals surface area (Å²) in [7, 11) is 1.95. The third-order valence-corrected chi connectivity index (χ3v) is 3.94. The van der Waals surface area contributed by atoms with Crippen LogP contribution < -0.4 is 11.3 Å². The Kier molecular flexibility index (Phi) is 4.57. The number of benzene rings is 1. The second-order valence-corrected chi connectivity index (χ2v) is 5.63. The second kappa shape index (κ2) is 6.20. The van der Waals surface area contributed by atoms with E-state index in [2.05, 4.69) is 55.6 Å². The summed E-state index contributed by atoms with van der Waals surface area (Å²) in [5.74, 6) is 6.28. The topological polar surface area (TPSA) is 55.9 Å². The predicted molar refractivity (Wildman–Crippen MR) is 82.2 cm³/mol. The van der Waals surface area contributed by atoms with E-state index < -0.39 is 0 Å². The highest BCUT2D eigenvalue weighted by Gasteiger charge is 2.16. The third kappa shape index (κ3) is 3.08. The molecule has 108 valence electrons. The van der Waals surface area contributed by atoms with E-state index >= 15 is 0 Å². The molecule has 0 spiro atoms. The molecule has 0 aliphatic carbocycles. The maximum atomic E-state index is 5.72. The summed E-state index contributed by atoms with van der Waals surface area (Å²) in [6.45, 7) is 6.48. The Morgan fingerprint density at radius 3 is 2.35 bits per heavy atom. The number of hydrogen-bond acceptors (Lipinski definition) is 3. The monoisotopic (exact) mass is 272 g/mol. The smallest absolute Gasteiger partial charge is 0.0540 e. The summed E-state index contributed by atoms with van der Waals surface area (Å²) in [6, 6.07) is 8.86. The van der Waals surface area contributed by atoms with Gasteiger partial charge in [-0.15, -0.1) is 0 Å². The minimum Gasteiger partial charge on any atom is -0.273 e. The van der Waals surface area contributed by atoms with Crippen molar-refractivity contribution in [1.82, 2.24) is 15.2 Å². The van der Waals surface area contributed by atoms with Crippen LogP contribution in [0.3, 0.4) is 0 Å². The maximum Gasteiger partial charge on any atom is 0.0540 e. The van der Waals surface area contributed by atoms with Crippen molar-refractivity contribution in [2.75, 3.05) is 0 Å². The Bertz CT molecular complexity index is 554. The Hall–Kier alpha value is -1.65. The van der Waals surface area contributed by atoms with Gasteiger partial charge in [0.25, 0.3) is 0 Å². The molecule has 2 aromatic rings. The molecule has 0 bridgehead atoms. The zero-order valence-electron chi connectivity index (χ0n) is 12.7. The number of aromatic nitrogens is 2. The van der Waals surface area contributed by atoms with Gasteiger partial charge in [-0.2, -0.15) is 5.10 Å². The van der Waals surface area contributed by atoms with Gasteiger partial charge >= 0.3 is 0 Å². The van der Waals surface area contributed by atoms with Crippen LogP contribution in [0, 0.1) is 6.92 Å². The maximum absolute atomic E-state index is 5.72. The van der Waals surface area contributed by atoms with E-state index in [1.807, 2.05) is 17.9 Å². The van der Waals surface area contributed by atoms with Crippen molar-refractivity contribution in [2.45, 2.75) is 39.2 Å². The number of aryl methyl sites for hydroxylation is 1. The van der Waals surface area contributed by atoms with E-state index in [0.717, 1.165) is 17.7 Å². The molecule has 20 heavy (non-hydrogen) atoms. The molecule has 0 saturated carbocycles. The fraction of sp³-hybridized carbons (Fsp3) is 0.438. The second-order valence-electron chi connectivity index (χ2n) is 5.63. The van der Waals surface area contributed by atoms with Crippen molar-refractivity contribution < 1.29 is 0 Å². The van der Waals surface area contributed by atoms with Gasteiger partial charge in [0, 0.05) is 18.3 Å². The molecule has 1 aromatic heterocycles. The molecule has 1 heterocycles. The first-order valence-corrected chi connectivity index (χ1v) is 7.06. The largest absolute Gasteiger partial charge is 0.273 e. The standard InChI is InChI=1S/C16H24N4/c1-11(2)14-7-5-13(6-8-14)9-16(19-17)15-10-18-20(4)12(15)3/h5-8,10-11,16,19H,9,17H2,1-4H3. The highest BCUT2D eigenvalue weighted by atomic mass is 15.3. The highest BCUT2D eigenvalue weighted by Crippen LogP contribution is 2.22. The van der Waals surface area contributed by atoms with Gasteiger partial charge in [-0.25, -0.2) is 0 Å². The van der Waals surface area contributed by atoms with Crippen LogP contribution in [0.5, 0.6) is 0 Å². The first-order valence-electron chi connectivity index (χ1n) is 7.06. The Morgan fingerprint density at radius 2 is 1.90 bits per heavy atom. The molecule has 0 aliphatic heterocycles. The first-order chi connectivity index (χ1) is 9.52. The molecule has 0 fully saturated rings. The number of nitrogens with one attached hydrogen (secondary N) is 1. The molecule has 1 unspecified atom stereocenters. The molecule has 0 aliphatic rings. The van der Waals surface area contributed by atoms with Crippen molar-refractivity contribution in [3.05, 3.63) is 52.8 Å². The van der Waals surface area contributed by atoms with Crippen LogP contribution >= 0.6 is 0 Å². The lowest BCUT2D eigenvalue weighted by molar-refractivity contribution is 0.548. The normalized spacial score (nSPS) is 12.9. The summed E-state index contributed by atoms with van der Waals surface area (Å²) in [6.07, 6.45) is 2.75. The van der Waals surface area contributed by atoms with Gasteiger partial charge in [0.05, 0.1) is 12.2 Å². The molecular formula is C16H24N4. The van der Waals surface area contributed by atoms with Gasteiger partial charge in [0.1, 0.15) is 0 Å². The highest BCUT2D eigenvalue weighted by molar-refractivity contribution is 5.28. The van der Waals surface area contributed by atoms with Crippen molar-refractivity contribution in [1.29, 1.82) is 0 Å². The quantitative estimate of drug-likeness (QED) is 0.650. The molecule has 0 radical (unpaired) electrons. The molecule has 1 atom stereocenters. The summed E-state index contributed by atoms with van der Waals surface area (Å²) in [5.41, 5.74) is 7.85. The number of hydrazine groups is 1. The molecule has 0 amide bonds. The van der Waals surface area contributed by atoms with E-state index in [1.54, 1.807) is 0 Å². The van der Waals surface area contributed by atoms with Gasteiger partial charge in [-0.1, -0.05) is 38.1 Å². The molecule has 0 saturated heterocycles. The zero-order chi connectivity index (χ0) is 14.7. The fourth-order valence-electron chi connectivity index (χ4n) is 2.39. The lowest BCUT2D eigenvalue weighted by Crippen LogP contribution is -2.30. The van der Waals surface area contributed by atoms with E-state index in [4.69, 9.17) is 5.84 Å². The van der Waals surface area contributed by atoms with Gasteiger partial charge in [-0.05, 0) is 30.4 Å². The van der Waals surface area contributed by atoms with Crippen molar-refractivity contribution in [3.63, 3.8) is 0 Å². The van der Waals surface area contributed by atoms with Gasteiger partial charge < -0.3 is 0 Å². The Labute approximate surface area is 121 Å². The number of nitrogens with two attached hydrogens (primary N) is 1. The lowest BCUT2D eigenvalue weighted by Gasteiger charge is -2.16. The molecule has 3 N–H and O–H groups in total. The number of hydrogen-bond donors (Lipinski definition) is 2. The molecule has 4 heteroatoms. The van der Waals surface area contributed by atoms with Gasteiger partial charge in [-0.3, -0.25) is 16.0 Å². The Balaban J connectivity index is 2.16. The van der Waals surface area contributed by atoms with Crippen molar-refractivity contribution in [2.24, 2.45) is 12.9 Å². The van der Waals surface area contributed by atoms with E-state index in [-0.39, 0.29) is 6.04 Å². The van der Waals surface area contributed by atoms with Crippen LogP contribution in [0.15, 0.2) is 30.5 Å². The third-order valence-electron chi connectivity index (χ3n) is 3.94. The van der Waals surface area contributed by atoms with Crippen LogP contribution in [0.1, 0.15) is 48.2 Å². The van der Waals surface area contributed by atoms with Crippen LogP contribution in [-0.4, -0.2) is 9.78 Å². The van der Waals surface area contributed by atoms with Crippen LogP contribution in [0.2, 0.25) is 0 Å². The SMILES string of the molecule is Cc1c(C(Cc2ccc(C(C)C)cc2)NN)cnn1C. The summed E-state index contributed by atoms with van der Waals surface area (Å²) in [4.78, 5) is 0. The van der Waals surface area contributed by atoms with E-state index in [1.165, 1.54) is 11.1 Å². The number of rotatable bonds is 5. The average Bonchev–Trinajstić information content (AvgIpc) is 2.77. The van der Waals surface area contributed by atoms with Gasteiger partial charge in [0.2, 0.25) is 0 Å². The summed E-state index contributed by atoms with van der Waals surface area (Å²) >= 11 is 0. The fourth-order valence-corrected chi connectivity index (χ4v) is 2.39. The zero-order valence-corrected chi connectivity index (χ0v) is 12.7. The lowest BCUT2D eigenvalue weighted by atomic mass is 9.97. The minimum atomic E-state index is 0.0913. The van der Waals surface area contributed by atoms with E-state index in [0.29, 0.717) is 5.92 Å². The van der Waals surface area contributed by atoms with Crippen molar-refractivity contribution >= 4 is 0 Å². The molecule has 2 rings (SSSR count). The van der Waals surface area contributed by atoms with E-state index in [9.17, 15) is 0 Å². The molecule has 1 aromatic carbocycles. The average molecular weight is 272 g/mol. The minimum absolute atomic E-state index is 0.0913. The first kappa shape index (κ1) is 14.8.